The number of aromatic nitrogens is 2. The minimum atomic E-state index is -0.749. The quantitative estimate of drug-likeness (QED) is 0.827. The van der Waals surface area contributed by atoms with Gasteiger partial charge in [0.05, 0.1) is 42.6 Å². The number of ether oxygens (including phenoxy) is 1. The molecular formula is C17H19N3O3. The van der Waals surface area contributed by atoms with E-state index in [0.717, 1.165) is 0 Å². The molecule has 1 aromatic heterocycles. The predicted octanol–water partition coefficient (Wildman–Crippen LogP) is 2.35. The zero-order valence-corrected chi connectivity index (χ0v) is 13.1. The van der Waals surface area contributed by atoms with Crippen LogP contribution in [0.4, 0.5) is 0 Å². The summed E-state index contributed by atoms with van der Waals surface area (Å²) >= 11 is 0. The second-order valence-electron chi connectivity index (χ2n) is 5.04. The number of carbonyl (C=O) groups excluding carboxylic acids is 1. The normalized spacial score (nSPS) is 13.1. The monoisotopic (exact) mass is 313 g/mol. The van der Waals surface area contributed by atoms with Crippen LogP contribution in [0, 0.1) is 11.3 Å². The van der Waals surface area contributed by atoms with Crippen molar-refractivity contribution in [1.29, 1.82) is 5.26 Å². The first kappa shape index (κ1) is 16.7. The van der Waals surface area contributed by atoms with Gasteiger partial charge in [0.2, 0.25) is 0 Å². The number of nitriles is 1. The number of hydrogen-bond donors (Lipinski definition) is 1. The Morgan fingerprint density at radius 1 is 1.39 bits per heavy atom. The van der Waals surface area contributed by atoms with Crippen LogP contribution >= 0.6 is 0 Å². The van der Waals surface area contributed by atoms with Crippen molar-refractivity contribution in [1.82, 2.24) is 9.55 Å². The lowest BCUT2D eigenvalue weighted by atomic mass is 10.0. The fourth-order valence-electron chi connectivity index (χ4n) is 2.37. The highest BCUT2D eigenvalue weighted by Gasteiger charge is 2.27. The summed E-state index contributed by atoms with van der Waals surface area (Å²) < 4.78 is 6.79. The van der Waals surface area contributed by atoms with E-state index in [9.17, 15) is 9.90 Å². The van der Waals surface area contributed by atoms with Crippen LogP contribution in [0.1, 0.15) is 49.2 Å². The summed E-state index contributed by atoms with van der Waals surface area (Å²) in [6.07, 6.45) is 2.85. The number of esters is 1. The van der Waals surface area contributed by atoms with Gasteiger partial charge in [0.1, 0.15) is 0 Å². The van der Waals surface area contributed by atoms with Gasteiger partial charge in [0.25, 0.3) is 0 Å². The average molecular weight is 313 g/mol. The molecule has 23 heavy (non-hydrogen) atoms. The van der Waals surface area contributed by atoms with E-state index in [-0.39, 0.29) is 6.61 Å². The molecule has 0 aliphatic carbocycles. The number of benzene rings is 1. The number of carbonyl (C=O) groups is 1. The summed E-state index contributed by atoms with van der Waals surface area (Å²) in [5, 5.41) is 19.0. The Morgan fingerprint density at radius 3 is 2.65 bits per heavy atom. The molecule has 2 aromatic rings. The Balaban J connectivity index is 2.48. The highest BCUT2D eigenvalue weighted by molar-refractivity contribution is 5.78. The van der Waals surface area contributed by atoms with Crippen LogP contribution < -0.4 is 0 Å². The minimum Gasteiger partial charge on any atom is -0.464 e. The highest BCUT2D eigenvalue weighted by atomic mass is 16.5. The fourth-order valence-corrected chi connectivity index (χ4v) is 2.37. The molecule has 0 fully saturated rings. The summed E-state index contributed by atoms with van der Waals surface area (Å²) in [6.45, 7) is 3.85. The van der Waals surface area contributed by atoms with Crippen molar-refractivity contribution in [3.63, 3.8) is 0 Å². The summed E-state index contributed by atoms with van der Waals surface area (Å²) in [7, 11) is 0. The summed E-state index contributed by atoms with van der Waals surface area (Å²) in [4.78, 5) is 16.5. The standard InChI is InChI=1S/C17H19N3O3/c1-3-15(21)14-10-19-11-20(14)16(17(22)23-4-2)13-7-5-12(9-18)6-8-13/h5-8,10-11,15-16,21H,3-4H2,1-2H3. The molecule has 6 nitrogen and oxygen atoms in total. The first-order valence-corrected chi connectivity index (χ1v) is 7.48. The van der Waals surface area contributed by atoms with Crippen molar-refractivity contribution in [2.24, 2.45) is 0 Å². The molecule has 2 unspecified atom stereocenters. The van der Waals surface area contributed by atoms with Gasteiger partial charge in [0, 0.05) is 0 Å². The second kappa shape index (κ2) is 7.56. The Labute approximate surface area is 135 Å². The molecule has 0 spiro atoms. The van der Waals surface area contributed by atoms with Gasteiger partial charge in [-0.15, -0.1) is 0 Å². The third-order valence-corrected chi connectivity index (χ3v) is 3.57. The van der Waals surface area contributed by atoms with Gasteiger partial charge in [-0.2, -0.15) is 5.26 Å². The van der Waals surface area contributed by atoms with Gasteiger partial charge >= 0.3 is 5.97 Å². The molecule has 0 bridgehead atoms. The molecule has 0 aliphatic rings. The predicted molar refractivity (Wildman–Crippen MR) is 83.4 cm³/mol. The van der Waals surface area contributed by atoms with Gasteiger partial charge in [-0.3, -0.25) is 0 Å². The minimum absolute atomic E-state index is 0.256. The van der Waals surface area contributed by atoms with Crippen LogP contribution in [0.5, 0.6) is 0 Å². The van der Waals surface area contributed by atoms with Crippen LogP contribution in [-0.2, 0) is 9.53 Å². The van der Waals surface area contributed by atoms with E-state index in [1.165, 1.54) is 6.33 Å². The van der Waals surface area contributed by atoms with Crippen molar-refractivity contribution in [2.75, 3.05) is 6.61 Å². The van der Waals surface area contributed by atoms with Crippen molar-refractivity contribution in [3.05, 3.63) is 53.6 Å². The molecule has 1 heterocycles. The Morgan fingerprint density at radius 2 is 2.09 bits per heavy atom. The molecule has 2 atom stereocenters. The first-order valence-electron chi connectivity index (χ1n) is 7.48. The number of aliphatic hydroxyl groups is 1. The summed E-state index contributed by atoms with van der Waals surface area (Å²) in [5.41, 5.74) is 1.73. The lowest BCUT2D eigenvalue weighted by molar-refractivity contribution is -0.145. The van der Waals surface area contributed by atoms with Crippen molar-refractivity contribution >= 4 is 5.97 Å². The van der Waals surface area contributed by atoms with Gasteiger partial charge in [-0.1, -0.05) is 19.1 Å². The Bertz CT molecular complexity index is 701. The van der Waals surface area contributed by atoms with E-state index < -0.39 is 18.1 Å². The number of nitrogens with zero attached hydrogens (tertiary/aromatic N) is 3. The molecule has 0 radical (unpaired) electrons. The third kappa shape index (κ3) is 3.58. The highest BCUT2D eigenvalue weighted by Crippen LogP contribution is 2.26. The zero-order chi connectivity index (χ0) is 16.8. The van der Waals surface area contributed by atoms with E-state index in [4.69, 9.17) is 10.00 Å². The van der Waals surface area contributed by atoms with Crippen LogP contribution in [-0.4, -0.2) is 27.2 Å². The SMILES string of the molecule is CCOC(=O)C(c1ccc(C#N)cc1)n1cncc1C(O)CC. The molecule has 1 aromatic carbocycles. The summed E-state index contributed by atoms with van der Waals surface area (Å²) in [5.74, 6) is -0.431. The smallest absolute Gasteiger partial charge is 0.333 e. The fraction of sp³-hybridized carbons (Fsp3) is 0.353. The lowest BCUT2D eigenvalue weighted by Gasteiger charge is -2.21. The van der Waals surface area contributed by atoms with E-state index in [1.807, 2.05) is 13.0 Å². The molecule has 0 saturated heterocycles. The Kier molecular flexibility index (Phi) is 5.50. The maximum absolute atomic E-state index is 12.4. The van der Waals surface area contributed by atoms with Crippen molar-refractivity contribution < 1.29 is 14.6 Å². The molecule has 2 rings (SSSR count). The molecule has 0 amide bonds. The van der Waals surface area contributed by atoms with Gasteiger partial charge < -0.3 is 14.4 Å². The second-order valence-corrected chi connectivity index (χ2v) is 5.04. The third-order valence-electron chi connectivity index (χ3n) is 3.57. The number of hydrogen-bond acceptors (Lipinski definition) is 5. The zero-order valence-electron chi connectivity index (χ0n) is 13.1. The molecule has 1 N–H and O–H groups in total. The first-order chi connectivity index (χ1) is 11.1. The number of rotatable bonds is 6. The van der Waals surface area contributed by atoms with Crippen LogP contribution in [0.2, 0.25) is 0 Å². The van der Waals surface area contributed by atoms with Gasteiger partial charge in [-0.05, 0) is 31.0 Å². The largest absolute Gasteiger partial charge is 0.464 e. The average Bonchev–Trinajstić information content (AvgIpc) is 3.04. The van der Waals surface area contributed by atoms with Crippen molar-refractivity contribution in [3.8, 4) is 6.07 Å². The molecule has 0 aliphatic heterocycles. The van der Waals surface area contributed by atoms with E-state index in [1.54, 1.807) is 42.0 Å². The van der Waals surface area contributed by atoms with Crippen LogP contribution in [0.15, 0.2) is 36.8 Å². The Hall–Kier alpha value is -2.65. The maximum Gasteiger partial charge on any atom is 0.333 e. The molecule has 6 heteroatoms. The summed E-state index contributed by atoms with van der Waals surface area (Å²) in [6, 6.07) is 8.01. The topological polar surface area (TPSA) is 88.1 Å². The maximum atomic E-state index is 12.4. The van der Waals surface area contributed by atoms with E-state index in [2.05, 4.69) is 4.98 Å². The molecule has 120 valence electrons. The van der Waals surface area contributed by atoms with Gasteiger partial charge in [0.15, 0.2) is 6.04 Å². The molecule has 0 saturated carbocycles. The van der Waals surface area contributed by atoms with Crippen molar-refractivity contribution in [2.45, 2.75) is 32.4 Å². The number of aliphatic hydroxyl groups excluding tert-OH is 1. The number of imidazole rings is 1. The van der Waals surface area contributed by atoms with Crippen LogP contribution in [0.3, 0.4) is 0 Å². The van der Waals surface area contributed by atoms with Gasteiger partial charge in [-0.25, -0.2) is 9.78 Å². The lowest BCUT2D eigenvalue weighted by Crippen LogP contribution is -2.25. The van der Waals surface area contributed by atoms with Crippen LogP contribution in [0.25, 0.3) is 0 Å². The van der Waals surface area contributed by atoms with E-state index in [0.29, 0.717) is 23.2 Å². The molecular weight excluding hydrogens is 294 g/mol. The van der Waals surface area contributed by atoms with E-state index >= 15 is 0 Å².